The van der Waals surface area contributed by atoms with Gasteiger partial charge in [-0.1, -0.05) is 13.8 Å². The zero-order valence-electron chi connectivity index (χ0n) is 13.5. The van der Waals surface area contributed by atoms with Gasteiger partial charge in [-0.15, -0.1) is 0 Å². The molecule has 0 aliphatic carbocycles. The summed E-state index contributed by atoms with van der Waals surface area (Å²) in [6.07, 6.45) is 2.20. The largest absolute Gasteiger partial charge is 0.444 e. The van der Waals surface area contributed by atoms with E-state index in [9.17, 15) is 4.79 Å². The van der Waals surface area contributed by atoms with E-state index < -0.39 is 5.60 Å². The summed E-state index contributed by atoms with van der Waals surface area (Å²) in [6.45, 7) is 13.7. The molecule has 0 N–H and O–H groups in total. The molecule has 0 atom stereocenters. The normalized spacial score (nSPS) is 22.3. The van der Waals surface area contributed by atoms with Gasteiger partial charge in [-0.2, -0.15) is 0 Å². The molecule has 0 saturated carbocycles. The molecule has 19 heavy (non-hydrogen) atoms. The van der Waals surface area contributed by atoms with Crippen molar-refractivity contribution in [1.82, 2.24) is 9.80 Å². The number of carbonyl (C=O) groups is 1. The van der Waals surface area contributed by atoms with Gasteiger partial charge in [0.25, 0.3) is 0 Å². The minimum absolute atomic E-state index is 0.147. The number of hydrogen-bond donors (Lipinski definition) is 0. The zero-order chi connectivity index (χ0) is 14.7. The fraction of sp³-hybridized carbons (Fsp3) is 0.933. The molecule has 2 saturated heterocycles. The van der Waals surface area contributed by atoms with Crippen molar-refractivity contribution in [2.75, 3.05) is 33.2 Å². The Balaban J connectivity index is 0.000000861. The highest BCUT2D eigenvalue weighted by Crippen LogP contribution is 2.38. The molecule has 1 amide bonds. The molecule has 0 aromatic carbocycles. The van der Waals surface area contributed by atoms with Crippen molar-refractivity contribution in [3.8, 4) is 0 Å². The van der Waals surface area contributed by atoms with Crippen molar-refractivity contribution < 1.29 is 9.53 Å². The van der Waals surface area contributed by atoms with Crippen molar-refractivity contribution in [3.05, 3.63) is 0 Å². The Labute approximate surface area is 118 Å². The Hall–Kier alpha value is -0.770. The van der Waals surface area contributed by atoms with Crippen LogP contribution in [0.4, 0.5) is 4.79 Å². The second-order valence-corrected chi connectivity index (χ2v) is 6.68. The molecule has 2 aliphatic heterocycles. The van der Waals surface area contributed by atoms with E-state index in [1.165, 1.54) is 6.42 Å². The van der Waals surface area contributed by atoms with Crippen LogP contribution in [0.3, 0.4) is 0 Å². The summed E-state index contributed by atoms with van der Waals surface area (Å²) >= 11 is 0. The number of ether oxygens (including phenoxy) is 1. The molecule has 2 heterocycles. The molecule has 2 rings (SSSR count). The van der Waals surface area contributed by atoms with E-state index in [2.05, 4.69) is 11.9 Å². The number of rotatable bonds is 0. The van der Waals surface area contributed by atoms with E-state index in [0.29, 0.717) is 5.41 Å². The van der Waals surface area contributed by atoms with Gasteiger partial charge < -0.3 is 14.5 Å². The molecule has 0 bridgehead atoms. The molecule has 0 unspecified atom stereocenters. The van der Waals surface area contributed by atoms with E-state index in [-0.39, 0.29) is 6.09 Å². The van der Waals surface area contributed by atoms with Crippen molar-refractivity contribution in [2.45, 2.75) is 53.1 Å². The van der Waals surface area contributed by atoms with Gasteiger partial charge in [-0.25, -0.2) is 4.79 Å². The quantitative estimate of drug-likeness (QED) is 0.678. The third-order valence-electron chi connectivity index (χ3n) is 3.52. The highest BCUT2D eigenvalue weighted by Gasteiger charge is 2.45. The first kappa shape index (κ1) is 16.3. The minimum atomic E-state index is -0.391. The Kier molecular flexibility index (Phi) is 5.25. The van der Waals surface area contributed by atoms with Crippen molar-refractivity contribution in [2.24, 2.45) is 5.41 Å². The number of likely N-dealkylation sites (tertiary alicyclic amines) is 2. The minimum Gasteiger partial charge on any atom is -0.444 e. The Morgan fingerprint density at radius 1 is 1.16 bits per heavy atom. The fourth-order valence-electron chi connectivity index (χ4n) is 3.05. The second kappa shape index (κ2) is 6.12. The molecule has 2 aliphatic rings. The highest BCUT2D eigenvalue weighted by atomic mass is 16.6. The van der Waals surface area contributed by atoms with Crippen molar-refractivity contribution in [1.29, 1.82) is 0 Å². The molecule has 1 spiro atoms. The zero-order valence-corrected chi connectivity index (χ0v) is 13.5. The lowest BCUT2D eigenvalue weighted by atomic mass is 9.74. The summed E-state index contributed by atoms with van der Waals surface area (Å²) in [5, 5.41) is 0. The van der Waals surface area contributed by atoms with Crippen LogP contribution in [0.25, 0.3) is 0 Å². The predicted molar refractivity (Wildman–Crippen MR) is 78.3 cm³/mol. The number of nitrogens with zero attached hydrogens (tertiary/aromatic N) is 2. The lowest BCUT2D eigenvalue weighted by Crippen LogP contribution is -2.62. The summed E-state index contributed by atoms with van der Waals surface area (Å²) in [5.41, 5.74) is -0.0397. The van der Waals surface area contributed by atoms with E-state index in [4.69, 9.17) is 4.74 Å². The van der Waals surface area contributed by atoms with Crippen LogP contribution in [-0.4, -0.2) is 54.7 Å². The first-order valence-corrected chi connectivity index (χ1v) is 7.46. The third-order valence-corrected chi connectivity index (χ3v) is 3.52. The van der Waals surface area contributed by atoms with Crippen LogP contribution in [0.5, 0.6) is 0 Å². The van der Waals surface area contributed by atoms with Crippen LogP contribution in [0, 0.1) is 5.41 Å². The van der Waals surface area contributed by atoms with Gasteiger partial charge in [-0.3, -0.25) is 0 Å². The number of amides is 1. The van der Waals surface area contributed by atoms with Gasteiger partial charge in [0.1, 0.15) is 5.60 Å². The number of piperidine rings is 1. The molecule has 0 aromatic heterocycles. The summed E-state index contributed by atoms with van der Waals surface area (Å²) in [7, 11) is 2.14. The van der Waals surface area contributed by atoms with E-state index in [0.717, 1.165) is 32.6 Å². The van der Waals surface area contributed by atoms with Gasteiger partial charge in [0, 0.05) is 31.6 Å². The van der Waals surface area contributed by atoms with E-state index >= 15 is 0 Å². The number of carbonyl (C=O) groups excluding carboxylic acids is 1. The van der Waals surface area contributed by atoms with Crippen LogP contribution in [-0.2, 0) is 4.74 Å². The Morgan fingerprint density at radius 3 is 2.21 bits per heavy atom. The van der Waals surface area contributed by atoms with E-state index in [1.54, 1.807) is 0 Å². The molecule has 2 fully saturated rings. The van der Waals surface area contributed by atoms with Crippen LogP contribution >= 0.6 is 0 Å². The van der Waals surface area contributed by atoms with Gasteiger partial charge in [0.2, 0.25) is 0 Å². The maximum absolute atomic E-state index is 12.0. The molecule has 0 aromatic rings. The maximum atomic E-state index is 12.0. The Morgan fingerprint density at radius 2 is 1.74 bits per heavy atom. The van der Waals surface area contributed by atoms with Gasteiger partial charge >= 0.3 is 6.09 Å². The van der Waals surface area contributed by atoms with E-state index in [1.807, 2.05) is 39.5 Å². The van der Waals surface area contributed by atoms with Gasteiger partial charge in [0.05, 0.1) is 0 Å². The molecule has 0 radical (unpaired) electrons. The highest BCUT2D eigenvalue weighted by molar-refractivity contribution is 5.68. The first-order chi connectivity index (χ1) is 8.80. The second-order valence-electron chi connectivity index (χ2n) is 6.68. The van der Waals surface area contributed by atoms with Crippen LogP contribution in [0.15, 0.2) is 0 Å². The summed E-state index contributed by atoms with van der Waals surface area (Å²) in [5.74, 6) is 0. The monoisotopic (exact) mass is 270 g/mol. The average Bonchev–Trinajstić information content (AvgIpc) is 2.28. The van der Waals surface area contributed by atoms with Crippen LogP contribution in [0.1, 0.15) is 47.5 Å². The molecular formula is C15H30N2O2. The molecule has 4 nitrogen and oxygen atoms in total. The Bertz CT molecular complexity index is 298. The lowest BCUT2D eigenvalue weighted by Gasteiger charge is -2.53. The number of hydrogen-bond acceptors (Lipinski definition) is 3. The summed E-state index contributed by atoms with van der Waals surface area (Å²) < 4.78 is 5.44. The average molecular weight is 270 g/mol. The third kappa shape index (κ3) is 4.37. The predicted octanol–water partition coefficient (Wildman–Crippen LogP) is 2.98. The van der Waals surface area contributed by atoms with Gasteiger partial charge in [0.15, 0.2) is 0 Å². The summed E-state index contributed by atoms with van der Waals surface area (Å²) in [6, 6.07) is 0. The topological polar surface area (TPSA) is 32.8 Å². The maximum Gasteiger partial charge on any atom is 0.410 e. The first-order valence-electron chi connectivity index (χ1n) is 7.46. The van der Waals surface area contributed by atoms with Gasteiger partial charge in [-0.05, 0) is 40.7 Å². The van der Waals surface area contributed by atoms with Crippen LogP contribution < -0.4 is 0 Å². The summed E-state index contributed by atoms with van der Waals surface area (Å²) in [4.78, 5) is 16.2. The smallest absolute Gasteiger partial charge is 0.410 e. The SMILES string of the molecule is CC.CN1CC2(CCCN(C(=O)OC(C)(C)C)C2)C1. The van der Waals surface area contributed by atoms with Crippen molar-refractivity contribution in [3.63, 3.8) is 0 Å². The standard InChI is InChI=1S/C13H24N2O2.C2H6/c1-12(2,3)17-11(16)15-7-5-6-13(10-15)8-14(4)9-13;1-2/h5-10H2,1-4H3;1-2H3. The fourth-order valence-corrected chi connectivity index (χ4v) is 3.05. The van der Waals surface area contributed by atoms with Crippen molar-refractivity contribution >= 4 is 6.09 Å². The molecule has 112 valence electrons. The molecular weight excluding hydrogens is 240 g/mol. The van der Waals surface area contributed by atoms with Crippen LogP contribution in [0.2, 0.25) is 0 Å². The lowest BCUT2D eigenvalue weighted by molar-refractivity contribution is -0.0490. The molecule has 4 heteroatoms.